The summed E-state index contributed by atoms with van der Waals surface area (Å²) in [5.74, 6) is -0.590. The Bertz CT molecular complexity index is 770. The monoisotopic (exact) mass is 393 g/mol. The summed E-state index contributed by atoms with van der Waals surface area (Å²) >= 11 is 12.1. The Morgan fingerprint density at radius 2 is 1.69 bits per heavy atom. The van der Waals surface area contributed by atoms with E-state index in [9.17, 15) is 9.59 Å². The molecule has 5 nitrogen and oxygen atoms in total. The third-order valence-corrected chi connectivity index (χ3v) is 4.35. The molecule has 2 aromatic rings. The van der Waals surface area contributed by atoms with E-state index in [0.717, 1.165) is 12.8 Å². The minimum Gasteiger partial charge on any atom is -0.339 e. The Morgan fingerprint density at radius 3 is 2.27 bits per heavy atom. The van der Waals surface area contributed by atoms with Crippen molar-refractivity contribution < 1.29 is 9.59 Å². The first-order valence-corrected chi connectivity index (χ1v) is 9.24. The summed E-state index contributed by atoms with van der Waals surface area (Å²) in [7, 11) is 0. The number of pyridine rings is 1. The highest BCUT2D eigenvalue weighted by molar-refractivity contribution is 6.40. The largest absolute Gasteiger partial charge is 0.339 e. The lowest BCUT2D eigenvalue weighted by Gasteiger charge is -2.21. The summed E-state index contributed by atoms with van der Waals surface area (Å²) in [5, 5.41) is 3.31. The van der Waals surface area contributed by atoms with Crippen LogP contribution in [-0.4, -0.2) is 34.8 Å². The molecule has 0 unspecified atom stereocenters. The molecule has 7 heteroatoms. The van der Waals surface area contributed by atoms with Crippen LogP contribution in [0.25, 0.3) is 0 Å². The van der Waals surface area contributed by atoms with Gasteiger partial charge in [-0.05, 0) is 37.1 Å². The summed E-state index contributed by atoms with van der Waals surface area (Å²) in [6.07, 6.45) is 3.19. The van der Waals surface area contributed by atoms with Crippen LogP contribution in [0.3, 0.4) is 0 Å². The lowest BCUT2D eigenvalue weighted by Crippen LogP contribution is -2.32. The van der Waals surface area contributed by atoms with Gasteiger partial charge in [-0.2, -0.15) is 0 Å². The van der Waals surface area contributed by atoms with Crippen molar-refractivity contribution in [2.75, 3.05) is 18.4 Å². The molecule has 0 aliphatic heterocycles. The van der Waals surface area contributed by atoms with Gasteiger partial charge in [-0.1, -0.05) is 43.1 Å². The maximum Gasteiger partial charge on any atom is 0.274 e. The fourth-order valence-corrected chi connectivity index (χ4v) is 3.01. The van der Waals surface area contributed by atoms with Crippen LogP contribution in [0, 0.1) is 0 Å². The van der Waals surface area contributed by atoms with Crippen molar-refractivity contribution >= 4 is 40.7 Å². The van der Waals surface area contributed by atoms with Crippen LogP contribution in [0.1, 0.15) is 47.5 Å². The molecule has 0 aliphatic rings. The second-order valence-electron chi connectivity index (χ2n) is 5.77. The lowest BCUT2D eigenvalue weighted by atomic mass is 10.1. The van der Waals surface area contributed by atoms with Gasteiger partial charge in [-0.25, -0.2) is 0 Å². The molecule has 1 heterocycles. The molecule has 1 aromatic carbocycles. The van der Waals surface area contributed by atoms with E-state index in [1.807, 2.05) is 13.8 Å². The number of hydrogen-bond donors (Lipinski definition) is 1. The van der Waals surface area contributed by atoms with E-state index >= 15 is 0 Å². The molecule has 2 amide bonds. The van der Waals surface area contributed by atoms with Crippen LogP contribution in [0.5, 0.6) is 0 Å². The fourth-order valence-electron chi connectivity index (χ4n) is 2.52. The second-order valence-corrected chi connectivity index (χ2v) is 6.59. The van der Waals surface area contributed by atoms with Crippen LogP contribution in [0.2, 0.25) is 10.0 Å². The van der Waals surface area contributed by atoms with Crippen LogP contribution in [0.4, 0.5) is 5.69 Å². The SMILES string of the molecule is CCCN(CCC)C(=O)c1ccnc(C(=O)Nc2c(Cl)cccc2Cl)c1. The topological polar surface area (TPSA) is 62.3 Å². The van der Waals surface area contributed by atoms with E-state index in [2.05, 4.69) is 10.3 Å². The number of anilines is 1. The molecule has 0 fully saturated rings. The summed E-state index contributed by atoms with van der Waals surface area (Å²) in [6.45, 7) is 5.39. The van der Waals surface area contributed by atoms with Crippen molar-refractivity contribution in [2.45, 2.75) is 26.7 Å². The van der Waals surface area contributed by atoms with Crippen LogP contribution < -0.4 is 5.32 Å². The number of carbonyl (C=O) groups is 2. The van der Waals surface area contributed by atoms with Crippen molar-refractivity contribution in [2.24, 2.45) is 0 Å². The van der Waals surface area contributed by atoms with E-state index < -0.39 is 5.91 Å². The van der Waals surface area contributed by atoms with Gasteiger partial charge in [-0.3, -0.25) is 14.6 Å². The fraction of sp³-hybridized carbons (Fsp3) is 0.316. The number of rotatable bonds is 7. The number of nitrogens with one attached hydrogen (secondary N) is 1. The van der Waals surface area contributed by atoms with Crippen LogP contribution >= 0.6 is 23.2 Å². The predicted octanol–water partition coefficient (Wildman–Crippen LogP) is 4.90. The van der Waals surface area contributed by atoms with Crippen LogP contribution in [0.15, 0.2) is 36.5 Å². The third kappa shape index (κ3) is 4.96. The average molecular weight is 394 g/mol. The molecule has 138 valence electrons. The summed E-state index contributed by atoms with van der Waals surface area (Å²) in [4.78, 5) is 31.0. The minimum absolute atomic E-state index is 0.110. The Hall–Kier alpha value is -2.11. The average Bonchev–Trinajstić information content (AvgIpc) is 2.64. The molecule has 2 rings (SSSR count). The summed E-state index contributed by atoms with van der Waals surface area (Å²) in [6, 6.07) is 8.04. The first kappa shape index (κ1) is 20.2. The number of halogens is 2. The first-order valence-electron chi connectivity index (χ1n) is 8.48. The summed E-state index contributed by atoms with van der Waals surface area (Å²) < 4.78 is 0. The van der Waals surface area contributed by atoms with E-state index in [1.54, 1.807) is 29.2 Å². The molecule has 26 heavy (non-hydrogen) atoms. The Balaban J connectivity index is 2.22. The molecule has 0 saturated carbocycles. The molecule has 0 atom stereocenters. The minimum atomic E-state index is -0.479. The zero-order valence-electron chi connectivity index (χ0n) is 14.8. The maximum absolute atomic E-state index is 12.7. The van der Waals surface area contributed by atoms with Gasteiger partial charge < -0.3 is 10.2 Å². The van der Waals surface area contributed by atoms with Gasteiger partial charge in [0.2, 0.25) is 0 Å². The number of benzene rings is 1. The van der Waals surface area contributed by atoms with Gasteiger partial charge in [-0.15, -0.1) is 0 Å². The van der Waals surface area contributed by atoms with Crippen molar-refractivity contribution in [1.29, 1.82) is 0 Å². The van der Waals surface area contributed by atoms with E-state index in [-0.39, 0.29) is 11.6 Å². The second kappa shape index (κ2) is 9.55. The zero-order chi connectivity index (χ0) is 19.1. The molecule has 1 aromatic heterocycles. The number of nitrogens with zero attached hydrogens (tertiary/aromatic N) is 2. The highest BCUT2D eigenvalue weighted by Crippen LogP contribution is 2.30. The molecule has 0 radical (unpaired) electrons. The smallest absolute Gasteiger partial charge is 0.274 e. The summed E-state index contributed by atoms with van der Waals surface area (Å²) in [5.41, 5.74) is 0.870. The first-order chi connectivity index (χ1) is 12.5. The molecule has 1 N–H and O–H groups in total. The normalized spacial score (nSPS) is 10.5. The number of hydrogen-bond acceptors (Lipinski definition) is 3. The van der Waals surface area contributed by atoms with Crippen LogP contribution in [-0.2, 0) is 0 Å². The number of amides is 2. The van der Waals surface area contributed by atoms with Gasteiger partial charge in [0.25, 0.3) is 11.8 Å². The predicted molar refractivity (Wildman–Crippen MR) is 105 cm³/mol. The van der Waals surface area contributed by atoms with Gasteiger partial charge in [0.15, 0.2) is 0 Å². The molecule has 0 aliphatic carbocycles. The molecular formula is C19H21Cl2N3O2. The number of aromatic nitrogens is 1. The number of para-hydroxylation sites is 1. The number of carbonyl (C=O) groups excluding carboxylic acids is 2. The third-order valence-electron chi connectivity index (χ3n) is 3.72. The van der Waals surface area contributed by atoms with Gasteiger partial charge in [0.1, 0.15) is 5.69 Å². The maximum atomic E-state index is 12.7. The van der Waals surface area contributed by atoms with E-state index in [0.29, 0.717) is 34.4 Å². The lowest BCUT2D eigenvalue weighted by molar-refractivity contribution is 0.0755. The molecule has 0 spiro atoms. The quantitative estimate of drug-likeness (QED) is 0.726. The van der Waals surface area contributed by atoms with Crippen molar-refractivity contribution in [3.63, 3.8) is 0 Å². The standard InChI is InChI=1S/C19H21Cl2N3O2/c1-3-10-24(11-4-2)19(26)13-8-9-22-16(12-13)18(25)23-17-14(20)6-5-7-15(17)21/h5-9,12H,3-4,10-11H2,1-2H3,(H,23,25). The van der Waals surface area contributed by atoms with Gasteiger partial charge in [0, 0.05) is 24.8 Å². The Morgan fingerprint density at radius 1 is 1.08 bits per heavy atom. The molecular weight excluding hydrogens is 373 g/mol. The van der Waals surface area contributed by atoms with Crippen molar-refractivity contribution in [3.8, 4) is 0 Å². The van der Waals surface area contributed by atoms with Crippen molar-refractivity contribution in [1.82, 2.24) is 9.88 Å². The van der Waals surface area contributed by atoms with Gasteiger partial charge >= 0.3 is 0 Å². The zero-order valence-corrected chi connectivity index (χ0v) is 16.3. The molecule has 0 bridgehead atoms. The Labute approximate surface area is 163 Å². The van der Waals surface area contributed by atoms with Gasteiger partial charge in [0.05, 0.1) is 15.7 Å². The molecule has 0 saturated heterocycles. The van der Waals surface area contributed by atoms with E-state index in [4.69, 9.17) is 23.2 Å². The highest BCUT2D eigenvalue weighted by Gasteiger charge is 2.18. The Kier molecular flexibility index (Phi) is 7.42. The highest BCUT2D eigenvalue weighted by atomic mass is 35.5. The van der Waals surface area contributed by atoms with Crippen molar-refractivity contribution in [3.05, 3.63) is 57.8 Å². The van der Waals surface area contributed by atoms with E-state index in [1.165, 1.54) is 12.3 Å².